The fourth-order valence-electron chi connectivity index (χ4n) is 2.96. The van der Waals surface area contributed by atoms with Crippen LogP contribution < -0.4 is 0 Å². The summed E-state index contributed by atoms with van der Waals surface area (Å²) in [5, 5.41) is 0. The molecule has 3 rings (SSSR count). The summed E-state index contributed by atoms with van der Waals surface area (Å²) in [5.41, 5.74) is 0.722. The second-order valence-corrected chi connectivity index (χ2v) is 6.18. The van der Waals surface area contributed by atoms with Crippen LogP contribution in [0.15, 0.2) is 30.5 Å². The van der Waals surface area contributed by atoms with Gasteiger partial charge in [-0.3, -0.25) is 4.90 Å². The van der Waals surface area contributed by atoms with E-state index < -0.39 is 11.7 Å². The SMILES string of the molecule is CC(C)N1CCOC[C@H]1c1ncc(-c2ccc(C(F)(F)F)cc2)[nH]1. The van der Waals surface area contributed by atoms with E-state index in [0.29, 0.717) is 30.5 Å². The molecule has 0 aliphatic carbocycles. The number of nitrogens with zero attached hydrogens (tertiary/aromatic N) is 2. The number of rotatable bonds is 3. The van der Waals surface area contributed by atoms with E-state index in [1.54, 1.807) is 6.20 Å². The number of aromatic amines is 1. The lowest BCUT2D eigenvalue weighted by Crippen LogP contribution is -2.43. The Balaban J connectivity index is 1.82. The van der Waals surface area contributed by atoms with E-state index in [2.05, 4.69) is 28.7 Å². The molecule has 0 spiro atoms. The van der Waals surface area contributed by atoms with Gasteiger partial charge in [0.25, 0.3) is 0 Å². The maximum atomic E-state index is 12.6. The van der Waals surface area contributed by atoms with Crippen LogP contribution in [0, 0.1) is 0 Å². The van der Waals surface area contributed by atoms with Crippen molar-refractivity contribution in [2.24, 2.45) is 0 Å². The molecular formula is C17H20F3N3O. The standard InChI is InChI=1S/C17H20F3N3O/c1-11(2)23-7-8-24-10-15(23)16-21-9-14(22-16)12-3-5-13(6-4-12)17(18,19)20/h3-6,9,11,15H,7-8,10H2,1-2H3,(H,21,22)/t15-/m0/s1. The minimum atomic E-state index is -4.32. The average Bonchev–Trinajstić information content (AvgIpc) is 3.04. The van der Waals surface area contributed by atoms with Crippen molar-refractivity contribution in [1.82, 2.24) is 14.9 Å². The second-order valence-electron chi connectivity index (χ2n) is 6.18. The van der Waals surface area contributed by atoms with Crippen LogP contribution in [0.4, 0.5) is 13.2 Å². The number of hydrogen-bond donors (Lipinski definition) is 1. The van der Waals surface area contributed by atoms with Gasteiger partial charge >= 0.3 is 6.18 Å². The van der Waals surface area contributed by atoms with Crippen LogP contribution in [0.25, 0.3) is 11.3 Å². The molecule has 0 radical (unpaired) electrons. The van der Waals surface area contributed by atoms with Crippen LogP contribution in [-0.4, -0.2) is 40.7 Å². The van der Waals surface area contributed by atoms with Gasteiger partial charge in [0, 0.05) is 12.6 Å². The van der Waals surface area contributed by atoms with E-state index in [9.17, 15) is 13.2 Å². The third-order valence-corrected chi connectivity index (χ3v) is 4.27. The van der Waals surface area contributed by atoms with Gasteiger partial charge in [0.1, 0.15) is 5.82 Å². The Labute approximate surface area is 138 Å². The predicted octanol–water partition coefficient (Wildman–Crippen LogP) is 3.88. The Kier molecular flexibility index (Phi) is 4.64. The van der Waals surface area contributed by atoms with Crippen LogP contribution in [-0.2, 0) is 10.9 Å². The zero-order valence-corrected chi connectivity index (χ0v) is 13.6. The molecule has 2 aromatic rings. The van der Waals surface area contributed by atoms with E-state index in [1.807, 2.05) is 0 Å². The van der Waals surface area contributed by atoms with Crippen molar-refractivity contribution in [2.45, 2.75) is 32.1 Å². The molecule has 0 amide bonds. The van der Waals surface area contributed by atoms with Gasteiger partial charge in [0.05, 0.1) is 36.7 Å². The summed E-state index contributed by atoms with van der Waals surface area (Å²) in [6, 6.07) is 5.47. The Hall–Kier alpha value is -1.86. The van der Waals surface area contributed by atoms with Crippen LogP contribution in [0.2, 0.25) is 0 Å². The number of benzene rings is 1. The van der Waals surface area contributed by atoms with Gasteiger partial charge in [0.15, 0.2) is 0 Å². The van der Waals surface area contributed by atoms with Gasteiger partial charge in [-0.1, -0.05) is 12.1 Å². The molecule has 24 heavy (non-hydrogen) atoms. The van der Waals surface area contributed by atoms with E-state index >= 15 is 0 Å². The van der Waals surface area contributed by atoms with E-state index in [0.717, 1.165) is 24.5 Å². The molecule has 130 valence electrons. The largest absolute Gasteiger partial charge is 0.416 e. The number of nitrogens with one attached hydrogen (secondary N) is 1. The number of alkyl halides is 3. The Bertz CT molecular complexity index is 679. The Morgan fingerprint density at radius 1 is 1.25 bits per heavy atom. The van der Waals surface area contributed by atoms with E-state index in [1.165, 1.54) is 12.1 Å². The average molecular weight is 339 g/mol. The van der Waals surface area contributed by atoms with Crippen molar-refractivity contribution >= 4 is 0 Å². The number of H-pyrrole nitrogens is 1. The summed E-state index contributed by atoms with van der Waals surface area (Å²) >= 11 is 0. The van der Waals surface area contributed by atoms with Gasteiger partial charge in [-0.2, -0.15) is 13.2 Å². The molecule has 1 aromatic heterocycles. The maximum absolute atomic E-state index is 12.6. The van der Waals surface area contributed by atoms with Crippen molar-refractivity contribution in [1.29, 1.82) is 0 Å². The Morgan fingerprint density at radius 3 is 2.58 bits per heavy atom. The molecule has 7 heteroatoms. The first-order chi connectivity index (χ1) is 11.4. The minimum absolute atomic E-state index is 0.0296. The molecule has 4 nitrogen and oxygen atoms in total. The number of halogens is 3. The first kappa shape index (κ1) is 17.0. The third-order valence-electron chi connectivity index (χ3n) is 4.27. The number of morpholine rings is 1. The van der Waals surface area contributed by atoms with E-state index in [4.69, 9.17) is 4.74 Å². The van der Waals surface area contributed by atoms with Crippen molar-refractivity contribution in [3.8, 4) is 11.3 Å². The lowest BCUT2D eigenvalue weighted by atomic mass is 10.1. The summed E-state index contributed by atoms with van der Waals surface area (Å²) in [5.74, 6) is 0.776. The van der Waals surface area contributed by atoms with Crippen molar-refractivity contribution in [3.05, 3.63) is 41.9 Å². The smallest absolute Gasteiger partial charge is 0.378 e. The van der Waals surface area contributed by atoms with E-state index in [-0.39, 0.29) is 6.04 Å². The first-order valence-electron chi connectivity index (χ1n) is 7.92. The summed E-state index contributed by atoms with van der Waals surface area (Å²) < 4.78 is 43.5. The maximum Gasteiger partial charge on any atom is 0.416 e. The van der Waals surface area contributed by atoms with Crippen LogP contribution in [0.1, 0.15) is 31.3 Å². The lowest BCUT2D eigenvalue weighted by Gasteiger charge is -2.37. The van der Waals surface area contributed by atoms with Gasteiger partial charge in [-0.15, -0.1) is 0 Å². The number of ether oxygens (including phenoxy) is 1. The highest BCUT2D eigenvalue weighted by Gasteiger charge is 2.31. The number of imidazole rings is 1. The first-order valence-corrected chi connectivity index (χ1v) is 7.92. The number of hydrogen-bond acceptors (Lipinski definition) is 3. The monoisotopic (exact) mass is 339 g/mol. The van der Waals surface area contributed by atoms with Gasteiger partial charge in [-0.25, -0.2) is 4.98 Å². The van der Waals surface area contributed by atoms with Crippen molar-refractivity contribution in [2.75, 3.05) is 19.8 Å². The highest BCUT2D eigenvalue weighted by atomic mass is 19.4. The molecule has 1 saturated heterocycles. The van der Waals surface area contributed by atoms with Gasteiger partial charge in [0.2, 0.25) is 0 Å². The molecular weight excluding hydrogens is 319 g/mol. The topological polar surface area (TPSA) is 41.1 Å². The summed E-state index contributed by atoms with van der Waals surface area (Å²) in [7, 11) is 0. The molecule has 1 N–H and O–H groups in total. The molecule has 1 atom stereocenters. The molecule has 1 aliphatic rings. The van der Waals surface area contributed by atoms with Crippen molar-refractivity contribution in [3.63, 3.8) is 0 Å². The minimum Gasteiger partial charge on any atom is -0.378 e. The zero-order valence-electron chi connectivity index (χ0n) is 13.6. The summed E-state index contributed by atoms with van der Waals surface area (Å²) in [6.45, 7) is 6.33. The molecule has 1 fully saturated rings. The molecule has 0 unspecified atom stereocenters. The van der Waals surface area contributed by atoms with Crippen LogP contribution in [0.5, 0.6) is 0 Å². The third kappa shape index (κ3) is 3.47. The highest BCUT2D eigenvalue weighted by Crippen LogP contribution is 2.31. The molecule has 0 bridgehead atoms. The zero-order chi connectivity index (χ0) is 17.3. The highest BCUT2D eigenvalue weighted by molar-refractivity contribution is 5.59. The molecule has 1 aliphatic heterocycles. The fourth-order valence-corrected chi connectivity index (χ4v) is 2.96. The number of aromatic nitrogens is 2. The van der Waals surface area contributed by atoms with Crippen LogP contribution >= 0.6 is 0 Å². The molecule has 0 saturated carbocycles. The van der Waals surface area contributed by atoms with Gasteiger partial charge in [-0.05, 0) is 31.5 Å². The molecule has 2 heterocycles. The summed E-state index contributed by atoms with van der Waals surface area (Å²) in [4.78, 5) is 9.95. The fraction of sp³-hybridized carbons (Fsp3) is 0.471. The predicted molar refractivity (Wildman–Crippen MR) is 84.4 cm³/mol. The normalized spacial score (nSPS) is 19.8. The van der Waals surface area contributed by atoms with Gasteiger partial charge < -0.3 is 9.72 Å². The second kappa shape index (κ2) is 6.57. The Morgan fingerprint density at radius 2 is 1.96 bits per heavy atom. The molecule has 1 aromatic carbocycles. The lowest BCUT2D eigenvalue weighted by molar-refractivity contribution is -0.137. The quantitative estimate of drug-likeness (QED) is 0.923. The van der Waals surface area contributed by atoms with Crippen molar-refractivity contribution < 1.29 is 17.9 Å². The van der Waals surface area contributed by atoms with Crippen LogP contribution in [0.3, 0.4) is 0 Å². The summed E-state index contributed by atoms with van der Waals surface area (Å²) in [6.07, 6.45) is -2.67.